The van der Waals surface area contributed by atoms with Gasteiger partial charge in [0.2, 0.25) is 0 Å². The quantitative estimate of drug-likeness (QED) is 0.797. The molecule has 3 rings (SSSR count). The van der Waals surface area contributed by atoms with E-state index in [2.05, 4.69) is 33.3 Å². The van der Waals surface area contributed by atoms with E-state index in [1.807, 2.05) is 37.4 Å². The number of hydrogen-bond donors (Lipinski definition) is 2. The van der Waals surface area contributed by atoms with Gasteiger partial charge in [-0.2, -0.15) is 0 Å². The Morgan fingerprint density at radius 2 is 2.22 bits per heavy atom. The predicted octanol–water partition coefficient (Wildman–Crippen LogP) is -0.167. The summed E-state index contributed by atoms with van der Waals surface area (Å²) in [7, 11) is 1.83. The average molecular weight is 315 g/mol. The lowest BCUT2D eigenvalue weighted by atomic mass is 10.0. The highest BCUT2D eigenvalue weighted by Gasteiger charge is 2.30. The fraction of sp³-hybridized carbons (Fsp3) is 0.467. The Balaban J connectivity index is 1.80. The van der Waals surface area contributed by atoms with Crippen LogP contribution in [-0.2, 0) is 4.79 Å². The first-order valence-electron chi connectivity index (χ1n) is 7.67. The van der Waals surface area contributed by atoms with Crippen LogP contribution in [-0.4, -0.2) is 57.2 Å². The van der Waals surface area contributed by atoms with E-state index >= 15 is 0 Å². The molecule has 8 heteroatoms. The highest BCUT2D eigenvalue weighted by atomic mass is 16.2. The minimum absolute atomic E-state index is 0.0254. The van der Waals surface area contributed by atoms with Crippen molar-refractivity contribution in [3.8, 4) is 0 Å². The van der Waals surface area contributed by atoms with Crippen LogP contribution in [0.1, 0.15) is 18.5 Å². The van der Waals surface area contributed by atoms with E-state index < -0.39 is 6.04 Å². The Morgan fingerprint density at radius 1 is 1.43 bits per heavy atom. The number of benzene rings is 1. The smallest absolute Gasteiger partial charge is 0.251 e. The van der Waals surface area contributed by atoms with Gasteiger partial charge >= 0.3 is 0 Å². The van der Waals surface area contributed by atoms with Gasteiger partial charge in [0.1, 0.15) is 6.33 Å². The first kappa shape index (κ1) is 15.6. The van der Waals surface area contributed by atoms with Crippen molar-refractivity contribution in [2.75, 3.05) is 20.1 Å². The number of amides is 1. The molecule has 2 heterocycles. The molecule has 3 atom stereocenters. The van der Waals surface area contributed by atoms with Crippen LogP contribution in [0, 0.1) is 5.92 Å². The summed E-state index contributed by atoms with van der Waals surface area (Å²) >= 11 is 0. The lowest BCUT2D eigenvalue weighted by Gasteiger charge is -2.27. The second kappa shape index (κ2) is 6.84. The first-order chi connectivity index (χ1) is 11.2. The molecular formula is C15H21N7O. The van der Waals surface area contributed by atoms with Gasteiger partial charge in [0.25, 0.3) is 5.91 Å². The van der Waals surface area contributed by atoms with E-state index in [0.29, 0.717) is 18.5 Å². The monoisotopic (exact) mass is 315 g/mol. The average Bonchev–Trinajstić information content (AvgIpc) is 3.21. The number of rotatable bonds is 5. The van der Waals surface area contributed by atoms with E-state index in [1.165, 1.54) is 11.0 Å². The van der Waals surface area contributed by atoms with Crippen LogP contribution in [0.2, 0.25) is 0 Å². The number of carbonyl (C=O) groups is 1. The fourth-order valence-corrected chi connectivity index (χ4v) is 2.85. The number of tetrazole rings is 1. The molecule has 1 aromatic heterocycles. The number of nitrogens with one attached hydrogen (secondary N) is 2. The number of likely N-dealkylation sites (N-methyl/N-ethyl adjacent to an activating group) is 1. The van der Waals surface area contributed by atoms with Gasteiger partial charge in [-0.05, 0) is 22.9 Å². The number of hydrazine groups is 1. The molecule has 8 nitrogen and oxygen atoms in total. The van der Waals surface area contributed by atoms with Gasteiger partial charge in [-0.15, -0.1) is 5.10 Å². The lowest BCUT2D eigenvalue weighted by Crippen LogP contribution is -2.40. The van der Waals surface area contributed by atoms with Gasteiger partial charge in [0.05, 0.1) is 0 Å². The predicted molar refractivity (Wildman–Crippen MR) is 84.1 cm³/mol. The van der Waals surface area contributed by atoms with Gasteiger partial charge < -0.3 is 4.90 Å². The van der Waals surface area contributed by atoms with Gasteiger partial charge in [0, 0.05) is 32.1 Å². The van der Waals surface area contributed by atoms with E-state index in [-0.39, 0.29) is 5.91 Å². The van der Waals surface area contributed by atoms with Crippen molar-refractivity contribution < 1.29 is 4.79 Å². The Hall–Kier alpha value is -2.32. The van der Waals surface area contributed by atoms with Crippen molar-refractivity contribution in [3.05, 3.63) is 42.2 Å². The normalized spacial score (nSPS) is 22.0. The van der Waals surface area contributed by atoms with Crippen molar-refractivity contribution in [2.24, 2.45) is 5.92 Å². The molecule has 1 aromatic carbocycles. The van der Waals surface area contributed by atoms with Crippen LogP contribution in [0.25, 0.3) is 0 Å². The molecule has 0 saturated carbocycles. The van der Waals surface area contributed by atoms with Crippen molar-refractivity contribution >= 4 is 5.91 Å². The summed E-state index contributed by atoms with van der Waals surface area (Å²) in [5.41, 5.74) is 7.17. The molecular weight excluding hydrogens is 294 g/mol. The van der Waals surface area contributed by atoms with Crippen LogP contribution in [0.5, 0.6) is 0 Å². The third kappa shape index (κ3) is 3.38. The van der Waals surface area contributed by atoms with Gasteiger partial charge in [-0.3, -0.25) is 15.6 Å². The standard InChI is InChI=1S/C15H21N7O/c1-11-13(8-16-18-11)9-21(2)15(23)14(22-10-17-19-20-22)12-6-4-3-5-7-12/h3-7,10-11,13-14,16,18H,8-9H2,1-2H3. The third-order valence-electron chi connectivity index (χ3n) is 4.26. The van der Waals surface area contributed by atoms with Gasteiger partial charge in [0.15, 0.2) is 6.04 Å². The van der Waals surface area contributed by atoms with Crippen LogP contribution < -0.4 is 10.9 Å². The Morgan fingerprint density at radius 3 is 2.83 bits per heavy atom. The molecule has 1 saturated heterocycles. The number of carbonyl (C=O) groups excluding carboxylic acids is 1. The van der Waals surface area contributed by atoms with Crippen molar-refractivity contribution in [1.82, 2.24) is 36.0 Å². The fourth-order valence-electron chi connectivity index (χ4n) is 2.85. The molecule has 1 amide bonds. The minimum Gasteiger partial charge on any atom is -0.343 e. The summed E-state index contributed by atoms with van der Waals surface area (Å²) in [6.07, 6.45) is 1.48. The molecule has 1 aliphatic heterocycles. The van der Waals surface area contributed by atoms with E-state index in [4.69, 9.17) is 0 Å². The zero-order valence-corrected chi connectivity index (χ0v) is 13.3. The van der Waals surface area contributed by atoms with Gasteiger partial charge in [-0.25, -0.2) is 4.68 Å². The van der Waals surface area contributed by atoms with E-state index in [0.717, 1.165) is 12.1 Å². The summed E-state index contributed by atoms with van der Waals surface area (Å²) < 4.78 is 1.50. The van der Waals surface area contributed by atoms with Crippen molar-refractivity contribution in [1.29, 1.82) is 0 Å². The maximum atomic E-state index is 13.0. The first-order valence-corrected chi connectivity index (χ1v) is 7.67. The summed E-state index contributed by atoms with van der Waals surface area (Å²) in [4.78, 5) is 14.8. The minimum atomic E-state index is -0.547. The third-order valence-corrected chi connectivity index (χ3v) is 4.26. The Bertz CT molecular complexity index is 631. The van der Waals surface area contributed by atoms with Crippen LogP contribution in [0.4, 0.5) is 0 Å². The summed E-state index contributed by atoms with van der Waals surface area (Å²) in [5, 5.41) is 11.3. The molecule has 23 heavy (non-hydrogen) atoms. The molecule has 0 spiro atoms. The second-order valence-electron chi connectivity index (χ2n) is 5.90. The Kier molecular flexibility index (Phi) is 4.63. The van der Waals surface area contributed by atoms with Crippen LogP contribution in [0.3, 0.4) is 0 Å². The number of aromatic nitrogens is 4. The lowest BCUT2D eigenvalue weighted by molar-refractivity contribution is -0.133. The summed E-state index contributed by atoms with van der Waals surface area (Å²) in [5.74, 6) is 0.344. The Labute approximate surface area is 134 Å². The van der Waals surface area contributed by atoms with Crippen LogP contribution >= 0.6 is 0 Å². The molecule has 0 bridgehead atoms. The summed E-state index contributed by atoms with van der Waals surface area (Å²) in [6, 6.07) is 9.35. The van der Waals surface area contributed by atoms with E-state index in [9.17, 15) is 4.79 Å². The molecule has 0 radical (unpaired) electrons. The zero-order valence-electron chi connectivity index (χ0n) is 13.3. The van der Waals surface area contributed by atoms with E-state index in [1.54, 1.807) is 4.90 Å². The van der Waals surface area contributed by atoms with Gasteiger partial charge in [-0.1, -0.05) is 30.3 Å². The molecule has 1 aliphatic rings. The number of hydrogen-bond acceptors (Lipinski definition) is 6. The van der Waals surface area contributed by atoms with Crippen molar-refractivity contribution in [2.45, 2.75) is 19.0 Å². The molecule has 122 valence electrons. The SMILES string of the molecule is CC1NNCC1CN(C)C(=O)C(c1ccccc1)n1cnnn1. The molecule has 2 aromatic rings. The maximum Gasteiger partial charge on any atom is 0.251 e. The molecule has 2 N–H and O–H groups in total. The molecule has 0 aliphatic carbocycles. The molecule has 3 unspecified atom stereocenters. The highest BCUT2D eigenvalue weighted by molar-refractivity contribution is 5.83. The number of nitrogens with zero attached hydrogens (tertiary/aromatic N) is 5. The summed E-state index contributed by atoms with van der Waals surface area (Å²) in [6.45, 7) is 3.63. The zero-order chi connectivity index (χ0) is 16.2. The topological polar surface area (TPSA) is 88.0 Å². The second-order valence-corrected chi connectivity index (χ2v) is 5.90. The van der Waals surface area contributed by atoms with Crippen LogP contribution in [0.15, 0.2) is 36.7 Å². The van der Waals surface area contributed by atoms with Crippen molar-refractivity contribution in [3.63, 3.8) is 0 Å². The maximum absolute atomic E-state index is 13.0. The molecule has 1 fully saturated rings. The largest absolute Gasteiger partial charge is 0.343 e. The highest BCUT2D eigenvalue weighted by Crippen LogP contribution is 2.20.